The van der Waals surface area contributed by atoms with Gasteiger partial charge in [-0.3, -0.25) is 4.98 Å². The predicted octanol–water partition coefficient (Wildman–Crippen LogP) is 1.25. The Balaban J connectivity index is 1.95. The minimum atomic E-state index is -0.869. The van der Waals surface area contributed by atoms with E-state index in [2.05, 4.69) is 21.7 Å². The number of nitrogens with two attached hydrogens (primary N) is 1. The van der Waals surface area contributed by atoms with Crippen LogP contribution < -0.4 is 15.8 Å². The summed E-state index contributed by atoms with van der Waals surface area (Å²) in [5.41, 5.74) is 7.49. The van der Waals surface area contributed by atoms with Crippen LogP contribution in [-0.2, 0) is 0 Å². The molecular weight excluding hydrogens is 256 g/mol. The summed E-state index contributed by atoms with van der Waals surface area (Å²) in [5, 5.41) is 3.32. The highest BCUT2D eigenvalue weighted by atomic mass is 16.6. The molecule has 0 aromatic carbocycles. The van der Waals surface area contributed by atoms with Crippen molar-refractivity contribution in [2.24, 2.45) is 11.7 Å². The zero-order chi connectivity index (χ0) is 13.9. The molecule has 2 aromatic heterocycles. The topological polar surface area (TPSA) is 90.1 Å². The van der Waals surface area contributed by atoms with E-state index in [9.17, 15) is 4.79 Å². The number of pyridine rings is 2. The third-order valence-electron chi connectivity index (χ3n) is 3.31. The molecule has 0 aliphatic carbocycles. The van der Waals surface area contributed by atoms with Crippen LogP contribution in [0, 0.1) is 12.3 Å². The second-order valence-corrected chi connectivity index (χ2v) is 4.76. The van der Waals surface area contributed by atoms with E-state index in [4.69, 9.17) is 10.5 Å². The summed E-state index contributed by atoms with van der Waals surface area (Å²) in [6, 6.07) is 5.27. The van der Waals surface area contributed by atoms with Crippen molar-refractivity contribution in [1.29, 1.82) is 0 Å². The van der Waals surface area contributed by atoms with Crippen LogP contribution >= 0.6 is 0 Å². The monoisotopic (exact) mass is 271 g/mol. The highest BCUT2D eigenvalue weighted by Gasteiger charge is 2.17. The number of nitrogens with zero attached hydrogens (tertiary/aromatic N) is 2. The molecule has 1 aliphatic rings. The van der Waals surface area contributed by atoms with Gasteiger partial charge in [0.05, 0.1) is 11.0 Å². The summed E-state index contributed by atoms with van der Waals surface area (Å²) in [5.74, 6) is 0.681. The summed E-state index contributed by atoms with van der Waals surface area (Å²) >= 11 is 0. The number of primary amides is 1. The first kappa shape index (κ1) is 12.8. The van der Waals surface area contributed by atoms with Gasteiger partial charge in [0.25, 0.3) is 0 Å². The third kappa shape index (κ3) is 2.70. The van der Waals surface area contributed by atoms with Gasteiger partial charge in [-0.25, -0.2) is 9.78 Å². The van der Waals surface area contributed by atoms with Gasteiger partial charge in [-0.1, -0.05) is 0 Å². The molecule has 0 spiro atoms. The third-order valence-corrected chi connectivity index (χ3v) is 3.31. The molecule has 1 aliphatic heterocycles. The zero-order valence-electron chi connectivity index (χ0n) is 10.9. The van der Waals surface area contributed by atoms with Crippen molar-refractivity contribution in [2.75, 3.05) is 13.1 Å². The van der Waals surface area contributed by atoms with E-state index >= 15 is 0 Å². The Bertz CT molecular complexity index is 638. The van der Waals surface area contributed by atoms with E-state index in [1.165, 1.54) is 0 Å². The summed E-state index contributed by atoms with van der Waals surface area (Å²) in [4.78, 5) is 19.4. The molecule has 2 aromatic rings. The van der Waals surface area contributed by atoms with Crippen molar-refractivity contribution in [2.45, 2.75) is 6.42 Å². The van der Waals surface area contributed by atoms with Gasteiger partial charge >= 0.3 is 6.09 Å². The number of carbonyl (C=O) groups is 1. The molecule has 3 N–H and O–H groups in total. The van der Waals surface area contributed by atoms with E-state index in [-0.39, 0.29) is 5.88 Å². The van der Waals surface area contributed by atoms with Gasteiger partial charge in [0.1, 0.15) is 0 Å². The first-order valence-corrected chi connectivity index (χ1v) is 6.51. The number of hydrogen-bond acceptors (Lipinski definition) is 5. The first-order valence-electron chi connectivity index (χ1n) is 6.51. The van der Waals surface area contributed by atoms with Crippen LogP contribution in [0.15, 0.2) is 24.4 Å². The molecule has 3 rings (SSSR count). The van der Waals surface area contributed by atoms with Crippen molar-refractivity contribution >= 4 is 17.1 Å². The smallest absolute Gasteiger partial charge is 0.391 e. The second-order valence-electron chi connectivity index (χ2n) is 4.76. The number of nitrogens with one attached hydrogen (secondary N) is 1. The molecule has 6 heteroatoms. The van der Waals surface area contributed by atoms with Crippen LogP contribution in [0.1, 0.15) is 12.0 Å². The number of hydrogen-bond donors (Lipinski definition) is 2. The number of ether oxygens (including phenoxy) is 1. The molecule has 1 amide bonds. The highest BCUT2D eigenvalue weighted by molar-refractivity contribution is 5.80. The van der Waals surface area contributed by atoms with Gasteiger partial charge in [0.15, 0.2) is 0 Å². The lowest BCUT2D eigenvalue weighted by molar-refractivity contribution is 0.209. The second kappa shape index (κ2) is 5.42. The number of amides is 1. The fourth-order valence-electron chi connectivity index (χ4n) is 2.39. The van der Waals surface area contributed by atoms with Crippen LogP contribution in [-0.4, -0.2) is 29.2 Å². The fourth-order valence-corrected chi connectivity index (χ4v) is 2.39. The zero-order valence-corrected chi connectivity index (χ0v) is 10.9. The summed E-state index contributed by atoms with van der Waals surface area (Å²) in [7, 11) is 0. The maximum absolute atomic E-state index is 10.8. The van der Waals surface area contributed by atoms with E-state index in [0.717, 1.165) is 36.1 Å². The average molecular weight is 271 g/mol. The Morgan fingerprint density at radius 3 is 3.10 bits per heavy atom. The molecule has 6 nitrogen and oxygen atoms in total. The highest BCUT2D eigenvalue weighted by Crippen LogP contribution is 2.24. The van der Waals surface area contributed by atoms with Gasteiger partial charge in [-0.05, 0) is 49.5 Å². The molecule has 1 atom stereocenters. The lowest BCUT2D eigenvalue weighted by atomic mass is 9.98. The SMILES string of the molecule is NC(=O)Oc1ccc2nccc([CH]C3CCNC3)c2n1. The maximum Gasteiger partial charge on any atom is 0.411 e. The normalized spacial score (nSPS) is 18.3. The molecular formula is C14H15N4O2. The Labute approximate surface area is 116 Å². The standard InChI is InChI=1S/C14H15N4O2/c15-14(19)20-12-2-1-11-13(18-12)10(4-6-17-11)7-9-3-5-16-8-9/h1-2,4,6-7,9,16H,3,5,8H2,(H2,15,19). The average Bonchev–Trinajstić information content (AvgIpc) is 2.92. The molecule has 1 unspecified atom stereocenters. The van der Waals surface area contributed by atoms with Crippen LogP contribution in [0.3, 0.4) is 0 Å². The summed E-state index contributed by atoms with van der Waals surface area (Å²) < 4.78 is 4.82. The Hall–Kier alpha value is -2.21. The van der Waals surface area contributed by atoms with Crippen LogP contribution in [0.4, 0.5) is 4.79 Å². The predicted molar refractivity (Wildman–Crippen MR) is 74.1 cm³/mol. The van der Waals surface area contributed by atoms with Gasteiger partial charge in [-0.2, -0.15) is 0 Å². The Morgan fingerprint density at radius 2 is 2.35 bits per heavy atom. The van der Waals surface area contributed by atoms with Crippen molar-refractivity contribution < 1.29 is 9.53 Å². The Morgan fingerprint density at radius 1 is 1.45 bits per heavy atom. The summed E-state index contributed by atoms with van der Waals surface area (Å²) in [6.45, 7) is 2.01. The number of aromatic nitrogens is 2. The number of rotatable bonds is 3. The quantitative estimate of drug-likeness (QED) is 0.876. The number of fused-ring (bicyclic) bond motifs is 1. The van der Waals surface area contributed by atoms with Crippen molar-refractivity contribution in [3.8, 4) is 5.88 Å². The minimum Gasteiger partial charge on any atom is -0.391 e. The maximum atomic E-state index is 10.8. The van der Waals surface area contributed by atoms with E-state index < -0.39 is 6.09 Å². The van der Waals surface area contributed by atoms with Gasteiger partial charge in [-0.15, -0.1) is 0 Å². The van der Waals surface area contributed by atoms with Gasteiger partial charge < -0.3 is 15.8 Å². The molecule has 103 valence electrons. The van der Waals surface area contributed by atoms with Gasteiger partial charge in [0.2, 0.25) is 5.88 Å². The van der Waals surface area contributed by atoms with Crippen molar-refractivity contribution in [1.82, 2.24) is 15.3 Å². The number of carbonyl (C=O) groups excluding carboxylic acids is 1. The largest absolute Gasteiger partial charge is 0.411 e. The van der Waals surface area contributed by atoms with E-state index in [0.29, 0.717) is 5.92 Å². The molecule has 0 bridgehead atoms. The lowest BCUT2D eigenvalue weighted by Crippen LogP contribution is -2.17. The van der Waals surface area contributed by atoms with Crippen LogP contribution in [0.2, 0.25) is 0 Å². The van der Waals surface area contributed by atoms with Crippen LogP contribution in [0.5, 0.6) is 5.88 Å². The molecule has 3 heterocycles. The first-order chi connectivity index (χ1) is 9.72. The van der Waals surface area contributed by atoms with E-state index in [1.807, 2.05) is 6.07 Å². The van der Waals surface area contributed by atoms with Gasteiger partial charge in [0, 0.05) is 12.3 Å². The molecule has 20 heavy (non-hydrogen) atoms. The van der Waals surface area contributed by atoms with E-state index in [1.54, 1.807) is 18.3 Å². The van der Waals surface area contributed by atoms with Crippen LogP contribution in [0.25, 0.3) is 11.0 Å². The molecule has 1 saturated heterocycles. The van der Waals surface area contributed by atoms with Crippen molar-refractivity contribution in [3.63, 3.8) is 0 Å². The van der Waals surface area contributed by atoms with Crippen molar-refractivity contribution in [3.05, 3.63) is 36.4 Å². The fraction of sp³-hybridized carbons (Fsp3) is 0.286. The molecule has 1 radical (unpaired) electrons. The molecule has 1 fully saturated rings. The molecule has 0 saturated carbocycles. The lowest BCUT2D eigenvalue weighted by Gasteiger charge is -2.10. The Kier molecular flexibility index (Phi) is 3.47. The summed E-state index contributed by atoms with van der Waals surface area (Å²) in [6.07, 6.45) is 4.19. The minimum absolute atomic E-state index is 0.192.